The van der Waals surface area contributed by atoms with Crippen molar-refractivity contribution >= 4 is 11.6 Å². The Morgan fingerprint density at radius 1 is 1.23 bits per heavy atom. The van der Waals surface area contributed by atoms with Crippen LogP contribution in [-0.4, -0.2) is 23.5 Å². The molecule has 0 aliphatic carbocycles. The fourth-order valence-electron chi connectivity index (χ4n) is 2.04. The molecule has 0 saturated carbocycles. The number of benzene rings is 1. The summed E-state index contributed by atoms with van der Waals surface area (Å²) in [5.41, 5.74) is 2.23. The molecule has 4 nitrogen and oxygen atoms in total. The van der Waals surface area contributed by atoms with Gasteiger partial charge in [0.1, 0.15) is 11.5 Å². The SMILES string of the molecule is CC(C)Nc1ccnc(C(=O)NCCc2ccc(F)cc2)c1. The number of hydrogen-bond acceptors (Lipinski definition) is 3. The first-order valence-corrected chi connectivity index (χ1v) is 7.30. The second-order valence-corrected chi connectivity index (χ2v) is 5.36. The Hall–Kier alpha value is -2.43. The van der Waals surface area contributed by atoms with Gasteiger partial charge >= 0.3 is 0 Å². The van der Waals surface area contributed by atoms with Gasteiger partial charge in [0.2, 0.25) is 0 Å². The van der Waals surface area contributed by atoms with E-state index in [1.165, 1.54) is 12.1 Å². The number of nitrogens with one attached hydrogen (secondary N) is 2. The number of pyridine rings is 1. The molecule has 0 spiro atoms. The minimum Gasteiger partial charge on any atom is -0.383 e. The molecule has 0 unspecified atom stereocenters. The fourth-order valence-corrected chi connectivity index (χ4v) is 2.04. The molecular weight excluding hydrogens is 281 g/mol. The monoisotopic (exact) mass is 301 g/mol. The maximum atomic E-state index is 12.8. The number of nitrogens with zero attached hydrogens (tertiary/aromatic N) is 1. The van der Waals surface area contributed by atoms with Gasteiger partial charge in [0, 0.05) is 24.5 Å². The Labute approximate surface area is 129 Å². The fraction of sp³-hybridized carbons (Fsp3) is 0.294. The number of amides is 1. The Bertz CT molecular complexity index is 626. The zero-order chi connectivity index (χ0) is 15.9. The van der Waals surface area contributed by atoms with E-state index in [4.69, 9.17) is 0 Å². The van der Waals surface area contributed by atoms with E-state index in [1.54, 1.807) is 24.4 Å². The van der Waals surface area contributed by atoms with Crippen LogP contribution >= 0.6 is 0 Å². The van der Waals surface area contributed by atoms with Gasteiger partial charge in [0.15, 0.2) is 0 Å². The lowest BCUT2D eigenvalue weighted by atomic mass is 10.1. The van der Waals surface area contributed by atoms with Crippen molar-refractivity contribution in [1.82, 2.24) is 10.3 Å². The van der Waals surface area contributed by atoms with E-state index in [2.05, 4.69) is 15.6 Å². The van der Waals surface area contributed by atoms with Crippen molar-refractivity contribution in [3.63, 3.8) is 0 Å². The second kappa shape index (κ2) is 7.54. The summed E-state index contributed by atoms with van der Waals surface area (Å²) >= 11 is 0. The summed E-state index contributed by atoms with van der Waals surface area (Å²) in [6, 6.07) is 10.1. The molecule has 2 aromatic rings. The number of anilines is 1. The highest BCUT2D eigenvalue weighted by Gasteiger charge is 2.08. The molecule has 1 aromatic heterocycles. The summed E-state index contributed by atoms with van der Waals surface area (Å²) < 4.78 is 12.8. The van der Waals surface area contributed by atoms with Gasteiger partial charge in [-0.15, -0.1) is 0 Å². The van der Waals surface area contributed by atoms with Gasteiger partial charge in [-0.2, -0.15) is 0 Å². The Balaban J connectivity index is 1.88. The molecule has 0 aliphatic heterocycles. The van der Waals surface area contributed by atoms with Crippen molar-refractivity contribution in [1.29, 1.82) is 0 Å². The molecule has 0 aliphatic rings. The van der Waals surface area contributed by atoms with Crippen LogP contribution in [0.1, 0.15) is 29.9 Å². The van der Waals surface area contributed by atoms with Crippen molar-refractivity contribution in [2.75, 3.05) is 11.9 Å². The second-order valence-electron chi connectivity index (χ2n) is 5.36. The number of halogens is 1. The first-order chi connectivity index (χ1) is 10.5. The number of hydrogen-bond donors (Lipinski definition) is 2. The van der Waals surface area contributed by atoms with E-state index >= 15 is 0 Å². The van der Waals surface area contributed by atoms with Crippen molar-refractivity contribution in [2.24, 2.45) is 0 Å². The molecule has 1 amide bonds. The molecule has 0 radical (unpaired) electrons. The third-order valence-electron chi connectivity index (χ3n) is 3.06. The summed E-state index contributed by atoms with van der Waals surface area (Å²) in [7, 11) is 0. The largest absolute Gasteiger partial charge is 0.383 e. The van der Waals surface area contributed by atoms with E-state index in [1.807, 2.05) is 19.9 Å². The molecule has 2 rings (SSSR count). The molecule has 0 saturated heterocycles. The topological polar surface area (TPSA) is 54.0 Å². The number of carbonyl (C=O) groups excluding carboxylic acids is 1. The average Bonchev–Trinajstić information content (AvgIpc) is 2.49. The first kappa shape index (κ1) is 15.9. The summed E-state index contributed by atoms with van der Waals surface area (Å²) in [6.45, 7) is 4.54. The molecule has 22 heavy (non-hydrogen) atoms. The van der Waals surface area contributed by atoms with Crippen molar-refractivity contribution in [2.45, 2.75) is 26.3 Å². The third-order valence-corrected chi connectivity index (χ3v) is 3.06. The van der Waals surface area contributed by atoms with Gasteiger partial charge in [-0.1, -0.05) is 12.1 Å². The van der Waals surface area contributed by atoms with Gasteiger partial charge in [0.05, 0.1) is 0 Å². The molecule has 1 aromatic carbocycles. The zero-order valence-electron chi connectivity index (χ0n) is 12.8. The number of carbonyl (C=O) groups is 1. The summed E-state index contributed by atoms with van der Waals surface area (Å²) in [5, 5.41) is 6.05. The lowest BCUT2D eigenvalue weighted by molar-refractivity contribution is 0.0949. The van der Waals surface area contributed by atoms with E-state index < -0.39 is 0 Å². The highest BCUT2D eigenvalue weighted by Crippen LogP contribution is 2.09. The molecule has 2 N–H and O–H groups in total. The van der Waals surface area contributed by atoms with E-state index in [0.717, 1.165) is 11.3 Å². The zero-order valence-corrected chi connectivity index (χ0v) is 12.8. The van der Waals surface area contributed by atoms with Crippen LogP contribution in [0.15, 0.2) is 42.6 Å². The van der Waals surface area contributed by atoms with Crippen LogP contribution in [0.2, 0.25) is 0 Å². The number of rotatable bonds is 6. The van der Waals surface area contributed by atoms with Gasteiger partial charge in [0.25, 0.3) is 5.91 Å². The van der Waals surface area contributed by atoms with Crippen molar-refractivity contribution < 1.29 is 9.18 Å². The molecule has 116 valence electrons. The predicted molar refractivity (Wildman–Crippen MR) is 85.4 cm³/mol. The standard InChI is InChI=1S/C17H20FN3O/c1-12(2)21-15-8-10-19-16(11-15)17(22)20-9-7-13-3-5-14(18)6-4-13/h3-6,8,10-12H,7,9H2,1-2H3,(H,19,21)(H,20,22). The van der Waals surface area contributed by atoms with E-state index in [9.17, 15) is 9.18 Å². The number of aromatic nitrogens is 1. The highest BCUT2D eigenvalue weighted by molar-refractivity contribution is 5.93. The Morgan fingerprint density at radius 2 is 1.95 bits per heavy atom. The van der Waals surface area contributed by atoms with Crippen molar-refractivity contribution in [3.05, 3.63) is 59.7 Å². The lowest BCUT2D eigenvalue weighted by Crippen LogP contribution is -2.26. The maximum Gasteiger partial charge on any atom is 0.269 e. The molecular formula is C17H20FN3O. The van der Waals surface area contributed by atoms with E-state index in [-0.39, 0.29) is 17.8 Å². The van der Waals surface area contributed by atoms with Crippen LogP contribution in [0.5, 0.6) is 0 Å². The summed E-state index contributed by atoms with van der Waals surface area (Å²) in [5.74, 6) is -0.471. The summed E-state index contributed by atoms with van der Waals surface area (Å²) in [4.78, 5) is 16.1. The van der Waals surface area contributed by atoms with Crippen LogP contribution in [0.3, 0.4) is 0 Å². The lowest BCUT2D eigenvalue weighted by Gasteiger charge is -2.11. The van der Waals surface area contributed by atoms with Crippen LogP contribution in [-0.2, 0) is 6.42 Å². The predicted octanol–water partition coefficient (Wildman–Crippen LogP) is 3.01. The maximum absolute atomic E-state index is 12.8. The first-order valence-electron chi connectivity index (χ1n) is 7.30. The van der Waals surface area contributed by atoms with Crippen LogP contribution in [0.4, 0.5) is 10.1 Å². The Kier molecular flexibility index (Phi) is 5.47. The summed E-state index contributed by atoms with van der Waals surface area (Å²) in [6.07, 6.45) is 2.26. The van der Waals surface area contributed by atoms with E-state index in [0.29, 0.717) is 18.7 Å². The minimum atomic E-state index is -0.258. The van der Waals surface area contributed by atoms with Crippen LogP contribution in [0, 0.1) is 5.82 Å². The van der Waals surface area contributed by atoms with Gasteiger partial charge in [-0.3, -0.25) is 9.78 Å². The minimum absolute atomic E-state index is 0.213. The van der Waals surface area contributed by atoms with Gasteiger partial charge in [-0.05, 0) is 50.1 Å². The third kappa shape index (κ3) is 4.84. The van der Waals surface area contributed by atoms with Gasteiger partial charge in [-0.25, -0.2) is 4.39 Å². The van der Waals surface area contributed by atoms with Crippen molar-refractivity contribution in [3.8, 4) is 0 Å². The molecule has 5 heteroatoms. The van der Waals surface area contributed by atoms with Gasteiger partial charge < -0.3 is 10.6 Å². The normalized spacial score (nSPS) is 10.5. The highest BCUT2D eigenvalue weighted by atomic mass is 19.1. The molecule has 0 atom stereocenters. The molecule has 1 heterocycles. The Morgan fingerprint density at radius 3 is 2.64 bits per heavy atom. The quantitative estimate of drug-likeness (QED) is 0.862. The smallest absolute Gasteiger partial charge is 0.269 e. The van der Waals surface area contributed by atoms with Crippen LogP contribution in [0.25, 0.3) is 0 Å². The van der Waals surface area contributed by atoms with Crippen LogP contribution < -0.4 is 10.6 Å². The molecule has 0 bridgehead atoms. The molecule has 0 fully saturated rings. The average molecular weight is 301 g/mol.